The van der Waals surface area contributed by atoms with E-state index in [1.54, 1.807) is 25.2 Å². The molecule has 2 atom stereocenters. The predicted octanol–water partition coefficient (Wildman–Crippen LogP) is 20.6. The predicted molar refractivity (Wildman–Crippen MR) is 329 cm³/mol. The number of hydrogen-bond acceptors (Lipinski definition) is 10. The van der Waals surface area contributed by atoms with Crippen LogP contribution in [-0.2, 0) is 0 Å². The largest absolute Gasteiger partial charge is 0.426 e. The Labute approximate surface area is 459 Å². The topological polar surface area (TPSA) is 103 Å². The highest BCUT2D eigenvalue weighted by molar-refractivity contribution is 7.11. The van der Waals surface area contributed by atoms with Crippen LogP contribution in [0, 0.1) is 109 Å². The van der Waals surface area contributed by atoms with E-state index in [4.69, 9.17) is 4.42 Å². The zero-order chi connectivity index (χ0) is 57.7. The molecule has 73 heavy (non-hydrogen) atoms. The SMILES string of the molecule is CC.CC.CC.CC.CC.CC.CC1CCCC(C)C1.Cc1ccc(C)s1.Cc1cccc(C)c1.Cc1cccc(C)n1.Cc1ccnc(C)c1.Cc1cncc(C)c1.Cc1nnc(C)o1.Cc1nnc(C)s1. The van der Waals surface area contributed by atoms with E-state index in [0.29, 0.717) is 11.8 Å². The Kier molecular flexibility index (Phi) is 61.4. The van der Waals surface area contributed by atoms with E-state index in [2.05, 4.69) is 132 Å². The molecule has 0 N–H and O–H groups in total. The summed E-state index contributed by atoms with van der Waals surface area (Å²) in [6.45, 7) is 56.7. The first-order chi connectivity index (χ1) is 34.8. The molecule has 1 fully saturated rings. The molecule has 6 heterocycles. The van der Waals surface area contributed by atoms with E-state index in [1.807, 2.05) is 186 Å². The first kappa shape index (κ1) is 79.5. The maximum Gasteiger partial charge on any atom is 0.213 e. The molecule has 0 saturated heterocycles. The third-order valence-electron chi connectivity index (χ3n) is 8.59. The third-order valence-corrected chi connectivity index (χ3v) is 10.3. The lowest BCUT2D eigenvalue weighted by Gasteiger charge is -2.22. The summed E-state index contributed by atoms with van der Waals surface area (Å²) in [4.78, 5) is 15.0. The van der Waals surface area contributed by atoms with Crippen LogP contribution in [0.4, 0.5) is 0 Å². The van der Waals surface area contributed by atoms with Crippen molar-refractivity contribution in [3.8, 4) is 0 Å². The number of pyridine rings is 3. The molecule has 8 rings (SSSR count). The van der Waals surface area contributed by atoms with Gasteiger partial charge in [0.15, 0.2) is 0 Å². The monoisotopic (exact) mass is 1040 g/mol. The zero-order valence-electron chi connectivity index (χ0n) is 52.0. The second-order valence-corrected chi connectivity index (χ2v) is 18.7. The minimum absolute atomic E-state index is 0.623. The van der Waals surface area contributed by atoms with Crippen LogP contribution in [-0.4, -0.2) is 35.3 Å². The van der Waals surface area contributed by atoms with Crippen molar-refractivity contribution in [1.29, 1.82) is 0 Å². The van der Waals surface area contributed by atoms with Crippen LogP contribution in [0.2, 0.25) is 0 Å². The van der Waals surface area contributed by atoms with Gasteiger partial charge < -0.3 is 4.42 Å². The highest BCUT2D eigenvalue weighted by Gasteiger charge is 2.13. The van der Waals surface area contributed by atoms with Crippen molar-refractivity contribution >= 4 is 22.7 Å². The molecule has 1 aliphatic carbocycles. The van der Waals surface area contributed by atoms with Gasteiger partial charge in [-0.2, -0.15) is 0 Å². The maximum absolute atomic E-state index is 4.86. The number of rotatable bonds is 0. The smallest absolute Gasteiger partial charge is 0.213 e. The fourth-order valence-electron chi connectivity index (χ4n) is 5.96. The van der Waals surface area contributed by atoms with Gasteiger partial charge in [-0.1, -0.05) is 164 Å². The Morgan fingerprint density at radius 2 is 0.808 bits per heavy atom. The quantitative estimate of drug-likeness (QED) is 0.148. The fourth-order valence-corrected chi connectivity index (χ4v) is 7.34. The lowest BCUT2D eigenvalue weighted by molar-refractivity contribution is 0.301. The molecule has 2 unspecified atom stereocenters. The van der Waals surface area contributed by atoms with Gasteiger partial charge in [-0.15, -0.1) is 43.1 Å². The number of hydrogen-bond donors (Lipinski definition) is 0. The summed E-state index contributed by atoms with van der Waals surface area (Å²) >= 11 is 3.46. The van der Waals surface area contributed by atoms with Crippen molar-refractivity contribution in [1.82, 2.24) is 35.3 Å². The molecule has 0 radical (unpaired) electrons. The molecular formula is C63H109N7OS2. The van der Waals surface area contributed by atoms with Crippen molar-refractivity contribution in [2.24, 2.45) is 11.8 Å². The number of aromatic nitrogens is 7. The molecule has 0 bridgehead atoms. The average Bonchev–Trinajstić information content (AvgIpc) is 4.09. The van der Waals surface area contributed by atoms with Crippen LogP contribution in [0.3, 0.4) is 0 Å². The van der Waals surface area contributed by atoms with Crippen molar-refractivity contribution in [2.45, 2.75) is 220 Å². The molecule has 414 valence electrons. The average molecular weight is 1040 g/mol. The fraction of sp³-hybridized carbons (Fsp3) is 0.540. The van der Waals surface area contributed by atoms with Gasteiger partial charge in [0.25, 0.3) is 0 Å². The Hall–Kier alpha value is -4.93. The standard InChI is InChI=1S/C8H16.C8H10.3C7H9N.C6H8S.C4H6N2O.C4H6N2S.6C2H6/c2*1-7-4-3-5-8(2)6-7;1-6-3-7(2)5-8-4-6;1-6-3-4-8-7(2)5-6;1-6-4-3-5-7(2)8-6;1-5-3-4-6(2)7-5;2*1-3-5-6-4(2)7-3;6*1-2/h7-8H,3-6H2,1-2H3;3-6H,1-2H3;3*3-5H,1-2H3;3-4H,1-2H3;2*1-2H3;6*1-2H3. The Bertz CT molecular complexity index is 1800. The van der Waals surface area contributed by atoms with Crippen LogP contribution < -0.4 is 0 Å². The Balaban J connectivity index is -0.000000171. The van der Waals surface area contributed by atoms with Crippen LogP contribution in [0.5, 0.6) is 0 Å². The number of benzene rings is 1. The van der Waals surface area contributed by atoms with E-state index < -0.39 is 0 Å². The summed E-state index contributed by atoms with van der Waals surface area (Å²) in [6.07, 6.45) is 11.4. The molecule has 0 amide bonds. The molecule has 0 spiro atoms. The second-order valence-electron chi connectivity index (χ2n) is 15.8. The summed E-state index contributed by atoms with van der Waals surface area (Å²) in [5.41, 5.74) is 9.67. The van der Waals surface area contributed by atoms with E-state index in [-0.39, 0.29) is 0 Å². The van der Waals surface area contributed by atoms with Crippen molar-refractivity contribution < 1.29 is 4.42 Å². The summed E-state index contributed by atoms with van der Waals surface area (Å²) in [5.74, 6) is 3.27. The Morgan fingerprint density at radius 3 is 1.00 bits per heavy atom. The summed E-state index contributed by atoms with van der Waals surface area (Å²) in [7, 11) is 0. The molecule has 6 aromatic heterocycles. The maximum atomic E-state index is 4.86. The molecule has 1 saturated carbocycles. The molecule has 8 nitrogen and oxygen atoms in total. The second kappa shape index (κ2) is 56.4. The summed E-state index contributed by atoms with van der Waals surface area (Å²) in [5, 5.41) is 16.8. The van der Waals surface area contributed by atoms with Crippen molar-refractivity contribution in [2.75, 3.05) is 0 Å². The molecule has 0 aliphatic heterocycles. The van der Waals surface area contributed by atoms with Crippen LogP contribution in [0.15, 0.2) is 95.8 Å². The molecule has 1 aromatic carbocycles. The summed E-state index contributed by atoms with van der Waals surface area (Å²) in [6, 6.07) is 24.9. The molecule has 7 aromatic rings. The number of nitrogens with zero attached hydrogens (tertiary/aromatic N) is 7. The first-order valence-electron chi connectivity index (χ1n) is 27.1. The van der Waals surface area contributed by atoms with Gasteiger partial charge >= 0.3 is 0 Å². The van der Waals surface area contributed by atoms with Crippen LogP contribution in [0.25, 0.3) is 0 Å². The Morgan fingerprint density at radius 1 is 0.425 bits per heavy atom. The van der Waals surface area contributed by atoms with Gasteiger partial charge in [-0.3, -0.25) is 15.0 Å². The van der Waals surface area contributed by atoms with Crippen molar-refractivity contribution in [3.05, 3.63) is 168 Å². The lowest BCUT2D eigenvalue weighted by atomic mass is 9.84. The van der Waals surface area contributed by atoms with E-state index in [0.717, 1.165) is 38.9 Å². The first-order valence-corrected chi connectivity index (χ1v) is 28.7. The van der Waals surface area contributed by atoms with Crippen LogP contribution in [0.1, 0.15) is 199 Å². The van der Waals surface area contributed by atoms with Gasteiger partial charge in [0.2, 0.25) is 11.8 Å². The van der Waals surface area contributed by atoms with Gasteiger partial charge in [-0.05, 0) is 154 Å². The van der Waals surface area contributed by atoms with Gasteiger partial charge in [-0.25, -0.2) is 0 Å². The van der Waals surface area contributed by atoms with Gasteiger partial charge in [0.1, 0.15) is 10.0 Å². The molecule has 10 heteroatoms. The summed E-state index contributed by atoms with van der Waals surface area (Å²) < 4.78 is 4.86. The molecular weight excluding hydrogens is 935 g/mol. The van der Waals surface area contributed by atoms with Crippen molar-refractivity contribution in [3.63, 3.8) is 0 Å². The van der Waals surface area contributed by atoms with Gasteiger partial charge in [0.05, 0.1) is 0 Å². The lowest BCUT2D eigenvalue weighted by Crippen LogP contribution is -2.09. The minimum Gasteiger partial charge on any atom is -0.426 e. The normalized spacial score (nSPS) is 11.6. The minimum atomic E-state index is 0.623. The highest BCUT2D eigenvalue weighted by atomic mass is 32.1. The zero-order valence-corrected chi connectivity index (χ0v) is 53.6. The number of thiophene rings is 1. The highest BCUT2D eigenvalue weighted by Crippen LogP contribution is 2.27. The van der Waals surface area contributed by atoms with E-state index in [1.165, 1.54) is 63.3 Å². The van der Waals surface area contributed by atoms with E-state index >= 15 is 0 Å². The van der Waals surface area contributed by atoms with Gasteiger partial charge in [0, 0.05) is 59.3 Å². The molecule has 1 aliphatic rings. The van der Waals surface area contributed by atoms with Crippen LogP contribution >= 0.6 is 22.7 Å². The van der Waals surface area contributed by atoms with E-state index in [9.17, 15) is 0 Å². The number of aryl methyl sites for hydroxylation is 14. The third kappa shape index (κ3) is 54.7.